The highest BCUT2D eigenvalue weighted by atomic mass is 32.2. The molecule has 0 aliphatic carbocycles. The quantitative estimate of drug-likeness (QED) is 0.701. The number of rotatable bonds is 3. The van der Waals surface area contributed by atoms with E-state index < -0.39 is 21.9 Å². The molecule has 106 valence electrons. The van der Waals surface area contributed by atoms with Gasteiger partial charge in [-0.2, -0.15) is 9.40 Å². The predicted molar refractivity (Wildman–Crippen MR) is 64.4 cm³/mol. The third kappa shape index (κ3) is 2.50. The Bertz CT molecular complexity index is 593. The van der Waals surface area contributed by atoms with Crippen LogP contribution in [0.25, 0.3) is 0 Å². The molecule has 0 unspecified atom stereocenters. The van der Waals surface area contributed by atoms with Gasteiger partial charge in [-0.05, 0) is 19.8 Å². The minimum atomic E-state index is -3.68. The highest BCUT2D eigenvalue weighted by Gasteiger charge is 2.32. The summed E-state index contributed by atoms with van der Waals surface area (Å²) in [5, 5.41) is 14.8. The Balaban J connectivity index is 2.30. The van der Waals surface area contributed by atoms with Crippen molar-refractivity contribution in [1.82, 2.24) is 14.1 Å². The molecule has 1 fully saturated rings. The summed E-state index contributed by atoms with van der Waals surface area (Å²) in [5.74, 6) is -1.93. The Hall–Kier alpha value is -1.41. The van der Waals surface area contributed by atoms with E-state index in [4.69, 9.17) is 0 Å². The van der Waals surface area contributed by atoms with Gasteiger partial charge in [-0.25, -0.2) is 8.42 Å². The molecule has 0 bridgehead atoms. The van der Waals surface area contributed by atoms with Crippen LogP contribution >= 0.6 is 0 Å². The molecule has 7 nitrogen and oxygen atoms in total. The molecule has 2 rings (SSSR count). The van der Waals surface area contributed by atoms with Crippen molar-refractivity contribution in [2.24, 2.45) is 13.0 Å². The number of sulfonamides is 1. The number of carbonyl (C=O) groups excluding carboxylic acids is 1. The minimum Gasteiger partial charge on any atom is -0.550 e. The molecule has 8 heteroatoms. The first-order chi connectivity index (χ1) is 8.84. The zero-order chi connectivity index (χ0) is 14.2. The summed E-state index contributed by atoms with van der Waals surface area (Å²) in [4.78, 5) is 11.0. The van der Waals surface area contributed by atoms with Crippen LogP contribution in [0.15, 0.2) is 11.1 Å². The van der Waals surface area contributed by atoms with Crippen LogP contribution in [0.3, 0.4) is 0 Å². The van der Waals surface area contributed by atoms with Crippen molar-refractivity contribution in [2.75, 3.05) is 13.1 Å². The molecule has 0 saturated carbocycles. The molecule has 1 aromatic rings. The monoisotopic (exact) mass is 286 g/mol. The summed E-state index contributed by atoms with van der Waals surface area (Å²) >= 11 is 0. The molecule has 0 aromatic carbocycles. The van der Waals surface area contributed by atoms with Crippen molar-refractivity contribution < 1.29 is 18.3 Å². The van der Waals surface area contributed by atoms with E-state index in [1.54, 1.807) is 14.0 Å². The van der Waals surface area contributed by atoms with Gasteiger partial charge in [0, 0.05) is 32.0 Å². The van der Waals surface area contributed by atoms with E-state index in [0.717, 1.165) is 0 Å². The molecule has 1 atom stereocenters. The first-order valence-electron chi connectivity index (χ1n) is 6.03. The van der Waals surface area contributed by atoms with E-state index in [1.807, 2.05) is 0 Å². The molecule has 2 heterocycles. The lowest BCUT2D eigenvalue weighted by Gasteiger charge is -2.32. The number of hydrogen-bond acceptors (Lipinski definition) is 5. The summed E-state index contributed by atoms with van der Waals surface area (Å²) in [6.45, 7) is 1.97. The van der Waals surface area contributed by atoms with Crippen LogP contribution < -0.4 is 5.11 Å². The zero-order valence-corrected chi connectivity index (χ0v) is 11.7. The molecular weight excluding hydrogens is 270 g/mol. The molecule has 1 aliphatic heterocycles. The van der Waals surface area contributed by atoms with Crippen molar-refractivity contribution in [3.05, 3.63) is 11.9 Å². The van der Waals surface area contributed by atoms with Crippen LogP contribution in [0, 0.1) is 12.8 Å². The maximum absolute atomic E-state index is 12.4. The van der Waals surface area contributed by atoms with Crippen LogP contribution in [0.4, 0.5) is 0 Å². The summed E-state index contributed by atoms with van der Waals surface area (Å²) in [6.07, 6.45) is 2.28. The first-order valence-corrected chi connectivity index (χ1v) is 7.47. The van der Waals surface area contributed by atoms with Gasteiger partial charge < -0.3 is 9.90 Å². The molecule has 0 radical (unpaired) electrons. The molecule has 1 aliphatic rings. The van der Waals surface area contributed by atoms with E-state index in [9.17, 15) is 18.3 Å². The van der Waals surface area contributed by atoms with Gasteiger partial charge in [0.25, 0.3) is 0 Å². The highest BCUT2D eigenvalue weighted by Crippen LogP contribution is 2.24. The predicted octanol–water partition coefficient (Wildman–Crippen LogP) is -1.12. The fourth-order valence-electron chi connectivity index (χ4n) is 2.22. The van der Waals surface area contributed by atoms with Gasteiger partial charge in [0.2, 0.25) is 10.0 Å². The lowest BCUT2D eigenvalue weighted by atomic mass is 10.0. The van der Waals surface area contributed by atoms with Crippen LogP contribution in [-0.2, 0) is 21.9 Å². The summed E-state index contributed by atoms with van der Waals surface area (Å²) in [6, 6.07) is 0. The van der Waals surface area contributed by atoms with Crippen molar-refractivity contribution in [2.45, 2.75) is 24.7 Å². The second-order valence-electron chi connectivity index (χ2n) is 4.74. The van der Waals surface area contributed by atoms with Gasteiger partial charge in [0.15, 0.2) is 0 Å². The van der Waals surface area contributed by atoms with Gasteiger partial charge in [-0.3, -0.25) is 4.68 Å². The maximum atomic E-state index is 12.4. The lowest BCUT2D eigenvalue weighted by molar-refractivity contribution is -0.312. The average Bonchev–Trinajstić information content (AvgIpc) is 2.70. The molecule has 0 spiro atoms. The van der Waals surface area contributed by atoms with Crippen molar-refractivity contribution in [3.8, 4) is 0 Å². The number of aliphatic carboxylic acids is 1. The molecule has 1 aromatic heterocycles. The highest BCUT2D eigenvalue weighted by molar-refractivity contribution is 7.89. The Morgan fingerprint density at radius 1 is 1.53 bits per heavy atom. The standard InChI is InChI=1S/C11H17N3O4S/c1-8-10(6-12-13(8)2)19(17,18)14-5-3-4-9(7-14)11(15)16/h6,9H,3-5,7H2,1-2H3,(H,15,16)/p-1/t9-/m0/s1. The lowest BCUT2D eigenvalue weighted by Crippen LogP contribution is -2.46. The number of carboxylic acids is 1. The summed E-state index contributed by atoms with van der Waals surface area (Å²) in [7, 11) is -2.02. The molecule has 0 amide bonds. The number of hydrogen-bond donors (Lipinski definition) is 0. The number of piperidine rings is 1. The van der Waals surface area contributed by atoms with Gasteiger partial charge in [0.05, 0.1) is 11.9 Å². The topological polar surface area (TPSA) is 95.3 Å². The van der Waals surface area contributed by atoms with Crippen LogP contribution in [0.2, 0.25) is 0 Å². The van der Waals surface area contributed by atoms with Crippen LogP contribution in [0.5, 0.6) is 0 Å². The number of nitrogens with zero attached hydrogens (tertiary/aromatic N) is 3. The molecular formula is C11H16N3O4S-. The van der Waals surface area contributed by atoms with Gasteiger partial charge in [-0.1, -0.05) is 0 Å². The van der Waals surface area contributed by atoms with Gasteiger partial charge in [0.1, 0.15) is 4.90 Å². The Morgan fingerprint density at radius 2 is 2.21 bits per heavy atom. The minimum absolute atomic E-state index is 0.0288. The second kappa shape index (κ2) is 4.93. The van der Waals surface area contributed by atoms with Crippen molar-refractivity contribution >= 4 is 16.0 Å². The number of carboxylic acid groups (broad SMARTS) is 1. The molecule has 1 saturated heterocycles. The third-order valence-corrected chi connectivity index (χ3v) is 5.49. The van der Waals surface area contributed by atoms with Crippen LogP contribution in [-0.4, -0.2) is 41.6 Å². The van der Waals surface area contributed by atoms with E-state index in [0.29, 0.717) is 25.1 Å². The smallest absolute Gasteiger partial charge is 0.246 e. The summed E-state index contributed by atoms with van der Waals surface area (Å²) in [5.41, 5.74) is 0.538. The van der Waals surface area contributed by atoms with Gasteiger partial charge in [-0.15, -0.1) is 0 Å². The Labute approximate surface area is 111 Å². The molecule has 0 N–H and O–H groups in total. The van der Waals surface area contributed by atoms with E-state index in [-0.39, 0.29) is 11.4 Å². The number of aryl methyl sites for hydroxylation is 1. The second-order valence-corrected chi connectivity index (χ2v) is 6.65. The Morgan fingerprint density at radius 3 is 2.74 bits per heavy atom. The SMILES string of the molecule is Cc1c(S(=O)(=O)N2CCC[C@H](C(=O)[O-])C2)cnn1C. The molecule has 19 heavy (non-hydrogen) atoms. The number of aromatic nitrogens is 2. The zero-order valence-electron chi connectivity index (χ0n) is 10.9. The largest absolute Gasteiger partial charge is 0.550 e. The number of carbonyl (C=O) groups is 1. The Kier molecular flexibility index (Phi) is 3.64. The normalized spacial score (nSPS) is 21.5. The summed E-state index contributed by atoms with van der Waals surface area (Å²) < 4.78 is 27.6. The van der Waals surface area contributed by atoms with Crippen molar-refractivity contribution in [1.29, 1.82) is 0 Å². The van der Waals surface area contributed by atoms with E-state index >= 15 is 0 Å². The van der Waals surface area contributed by atoms with E-state index in [1.165, 1.54) is 15.2 Å². The first kappa shape index (κ1) is 14.0. The average molecular weight is 286 g/mol. The fraction of sp³-hybridized carbons (Fsp3) is 0.636. The van der Waals surface area contributed by atoms with Gasteiger partial charge >= 0.3 is 0 Å². The maximum Gasteiger partial charge on any atom is 0.246 e. The third-order valence-electron chi connectivity index (χ3n) is 3.53. The van der Waals surface area contributed by atoms with Crippen LogP contribution in [0.1, 0.15) is 18.5 Å². The van der Waals surface area contributed by atoms with Crippen molar-refractivity contribution in [3.63, 3.8) is 0 Å². The van der Waals surface area contributed by atoms with E-state index in [2.05, 4.69) is 5.10 Å². The fourth-order valence-corrected chi connectivity index (χ4v) is 3.93.